The van der Waals surface area contributed by atoms with Crippen LogP contribution in [0.2, 0.25) is 0 Å². The second kappa shape index (κ2) is 6.35. The molecule has 0 saturated carbocycles. The van der Waals surface area contributed by atoms with Crippen molar-refractivity contribution in [3.63, 3.8) is 0 Å². The first-order chi connectivity index (χ1) is 8.88. The van der Waals surface area contributed by atoms with Crippen LogP contribution in [0.15, 0.2) is 17.4 Å². The highest BCUT2D eigenvalue weighted by atomic mass is 19.4. The average Bonchev–Trinajstić information content (AvgIpc) is 2.37. The van der Waals surface area contributed by atoms with E-state index in [0.717, 1.165) is 12.4 Å². The lowest BCUT2D eigenvalue weighted by Crippen LogP contribution is -2.37. The molecule has 1 heterocycles. The topological polar surface area (TPSA) is 67.4 Å². The first-order valence-electron chi connectivity index (χ1n) is 5.81. The number of halogens is 3. The Balaban J connectivity index is 2.71. The van der Waals surface area contributed by atoms with Crippen molar-refractivity contribution >= 4 is 5.96 Å². The van der Waals surface area contributed by atoms with Gasteiger partial charge in [0.15, 0.2) is 5.96 Å². The predicted molar refractivity (Wildman–Crippen MR) is 65.3 cm³/mol. The summed E-state index contributed by atoms with van der Waals surface area (Å²) in [5, 5.41) is 0. The van der Waals surface area contributed by atoms with Gasteiger partial charge in [0, 0.05) is 25.5 Å². The first kappa shape index (κ1) is 15.2. The minimum absolute atomic E-state index is 0.0560. The zero-order valence-electron chi connectivity index (χ0n) is 10.8. The number of hydrogen-bond donors (Lipinski definition) is 1. The van der Waals surface area contributed by atoms with Gasteiger partial charge in [0.1, 0.15) is 12.4 Å². The van der Waals surface area contributed by atoms with Crippen LogP contribution in [0.1, 0.15) is 25.2 Å². The van der Waals surface area contributed by atoms with Crippen LogP contribution in [0.5, 0.6) is 0 Å². The minimum Gasteiger partial charge on any atom is -0.370 e. The zero-order chi connectivity index (χ0) is 14.5. The van der Waals surface area contributed by atoms with E-state index in [1.54, 1.807) is 0 Å². The summed E-state index contributed by atoms with van der Waals surface area (Å²) in [5.74, 6) is 0.525. The number of aliphatic imine (C=N–C) groups is 1. The summed E-state index contributed by atoms with van der Waals surface area (Å²) in [4.78, 5) is 13.1. The molecule has 0 bridgehead atoms. The molecule has 0 aliphatic carbocycles. The van der Waals surface area contributed by atoms with Crippen LogP contribution in [0, 0.1) is 0 Å². The molecule has 0 unspecified atom stereocenters. The van der Waals surface area contributed by atoms with Crippen LogP contribution >= 0.6 is 0 Å². The van der Waals surface area contributed by atoms with Crippen molar-refractivity contribution < 1.29 is 13.2 Å². The highest BCUT2D eigenvalue weighted by molar-refractivity contribution is 5.77. The molecule has 0 fully saturated rings. The highest BCUT2D eigenvalue weighted by Gasteiger charge is 2.31. The number of aromatic nitrogens is 2. The molecule has 0 spiro atoms. The van der Waals surface area contributed by atoms with Gasteiger partial charge in [0.2, 0.25) is 0 Å². The van der Waals surface area contributed by atoms with E-state index in [1.807, 2.05) is 18.7 Å². The van der Waals surface area contributed by atoms with Gasteiger partial charge in [-0.05, 0) is 13.8 Å². The van der Waals surface area contributed by atoms with Gasteiger partial charge in [-0.1, -0.05) is 0 Å². The van der Waals surface area contributed by atoms with E-state index < -0.39 is 11.7 Å². The Morgan fingerprint density at radius 2 is 1.79 bits per heavy atom. The summed E-state index contributed by atoms with van der Waals surface area (Å²) < 4.78 is 36.9. The number of alkyl halides is 3. The average molecular weight is 275 g/mol. The standard InChI is InChI=1S/C11H16F3N5/c1-3-19(4-2)10(15)18-7-9-16-5-8(6-17-9)11(12,13)14/h5-6H,3-4,7H2,1-2H3,(H2,15,18). The molecule has 5 nitrogen and oxygen atoms in total. The molecule has 8 heteroatoms. The third-order valence-electron chi connectivity index (χ3n) is 2.50. The van der Waals surface area contributed by atoms with Gasteiger partial charge < -0.3 is 10.6 Å². The largest absolute Gasteiger partial charge is 0.419 e. The molecule has 0 saturated heterocycles. The fourth-order valence-corrected chi connectivity index (χ4v) is 1.38. The Bertz CT molecular complexity index is 423. The van der Waals surface area contributed by atoms with E-state index in [-0.39, 0.29) is 12.4 Å². The number of nitrogens with zero attached hydrogens (tertiary/aromatic N) is 4. The van der Waals surface area contributed by atoms with Gasteiger partial charge in [-0.2, -0.15) is 13.2 Å². The Hall–Kier alpha value is -1.86. The van der Waals surface area contributed by atoms with Crippen LogP contribution in [-0.4, -0.2) is 33.9 Å². The third kappa shape index (κ3) is 4.38. The maximum absolute atomic E-state index is 12.3. The van der Waals surface area contributed by atoms with Gasteiger partial charge in [-0.25, -0.2) is 15.0 Å². The normalized spacial score (nSPS) is 12.6. The fraction of sp³-hybridized carbons (Fsp3) is 0.545. The van der Waals surface area contributed by atoms with E-state index in [2.05, 4.69) is 15.0 Å². The van der Waals surface area contributed by atoms with Crippen molar-refractivity contribution in [3.8, 4) is 0 Å². The number of rotatable bonds is 4. The van der Waals surface area contributed by atoms with Gasteiger partial charge in [-0.15, -0.1) is 0 Å². The third-order valence-corrected chi connectivity index (χ3v) is 2.50. The van der Waals surface area contributed by atoms with Gasteiger partial charge >= 0.3 is 6.18 Å². The molecule has 0 aliphatic rings. The van der Waals surface area contributed by atoms with Crippen LogP contribution < -0.4 is 5.73 Å². The minimum atomic E-state index is -4.43. The fourth-order valence-electron chi connectivity index (χ4n) is 1.38. The summed E-state index contributed by atoms with van der Waals surface area (Å²) in [6.45, 7) is 5.33. The molecular weight excluding hydrogens is 259 g/mol. The van der Waals surface area contributed by atoms with Crippen molar-refractivity contribution in [1.82, 2.24) is 14.9 Å². The molecule has 1 rings (SSSR count). The Labute approximate surface area is 109 Å². The van der Waals surface area contributed by atoms with Crippen molar-refractivity contribution in [1.29, 1.82) is 0 Å². The Kier molecular flexibility index (Phi) is 5.08. The maximum atomic E-state index is 12.3. The molecule has 19 heavy (non-hydrogen) atoms. The van der Waals surface area contributed by atoms with E-state index in [4.69, 9.17) is 5.73 Å². The Morgan fingerprint density at radius 1 is 1.26 bits per heavy atom. The molecule has 1 aromatic heterocycles. The molecule has 0 radical (unpaired) electrons. The van der Waals surface area contributed by atoms with Crippen LogP contribution in [0.3, 0.4) is 0 Å². The predicted octanol–water partition coefficient (Wildman–Crippen LogP) is 1.65. The number of hydrogen-bond acceptors (Lipinski definition) is 3. The van der Waals surface area contributed by atoms with E-state index in [9.17, 15) is 13.2 Å². The SMILES string of the molecule is CCN(CC)C(N)=NCc1ncc(C(F)(F)F)cn1. The molecule has 0 amide bonds. The summed E-state index contributed by atoms with van der Waals surface area (Å²) in [5.41, 5.74) is 4.85. The van der Waals surface area contributed by atoms with Crippen LogP contribution in [-0.2, 0) is 12.7 Å². The quantitative estimate of drug-likeness (QED) is 0.670. The molecular formula is C11H16F3N5. The maximum Gasteiger partial charge on any atom is 0.419 e. The Morgan fingerprint density at radius 3 is 2.21 bits per heavy atom. The van der Waals surface area contributed by atoms with Gasteiger partial charge in [0.25, 0.3) is 0 Å². The highest BCUT2D eigenvalue weighted by Crippen LogP contribution is 2.27. The van der Waals surface area contributed by atoms with E-state index in [0.29, 0.717) is 19.0 Å². The second-order valence-electron chi connectivity index (χ2n) is 3.73. The van der Waals surface area contributed by atoms with E-state index >= 15 is 0 Å². The molecule has 1 aromatic rings. The smallest absolute Gasteiger partial charge is 0.370 e. The van der Waals surface area contributed by atoms with Gasteiger partial charge in [0.05, 0.1) is 5.56 Å². The lowest BCUT2D eigenvalue weighted by molar-refractivity contribution is -0.138. The van der Waals surface area contributed by atoms with Crippen LogP contribution in [0.25, 0.3) is 0 Å². The summed E-state index contributed by atoms with van der Waals surface area (Å²) in [7, 11) is 0. The molecule has 2 N–H and O–H groups in total. The summed E-state index contributed by atoms with van der Waals surface area (Å²) in [6.07, 6.45) is -2.95. The molecule has 106 valence electrons. The van der Waals surface area contributed by atoms with Crippen molar-refractivity contribution in [2.75, 3.05) is 13.1 Å². The number of guanidine groups is 1. The summed E-state index contributed by atoms with van der Waals surface area (Å²) in [6, 6.07) is 0. The van der Waals surface area contributed by atoms with Gasteiger partial charge in [-0.3, -0.25) is 0 Å². The van der Waals surface area contributed by atoms with E-state index in [1.165, 1.54) is 0 Å². The molecule has 0 atom stereocenters. The lowest BCUT2D eigenvalue weighted by Gasteiger charge is -2.19. The zero-order valence-corrected chi connectivity index (χ0v) is 10.8. The summed E-state index contributed by atoms with van der Waals surface area (Å²) >= 11 is 0. The lowest BCUT2D eigenvalue weighted by atomic mass is 10.3. The van der Waals surface area contributed by atoms with Crippen molar-refractivity contribution in [2.45, 2.75) is 26.6 Å². The monoisotopic (exact) mass is 275 g/mol. The number of nitrogens with two attached hydrogens (primary N) is 1. The molecule has 0 aromatic carbocycles. The second-order valence-corrected chi connectivity index (χ2v) is 3.73. The molecule has 0 aliphatic heterocycles. The van der Waals surface area contributed by atoms with Crippen molar-refractivity contribution in [3.05, 3.63) is 23.8 Å². The first-order valence-corrected chi connectivity index (χ1v) is 5.81. The van der Waals surface area contributed by atoms with Crippen molar-refractivity contribution in [2.24, 2.45) is 10.7 Å². The van der Waals surface area contributed by atoms with Crippen LogP contribution in [0.4, 0.5) is 13.2 Å².